The van der Waals surface area contributed by atoms with Crippen molar-refractivity contribution in [2.24, 2.45) is 0 Å². The van der Waals surface area contributed by atoms with Crippen LogP contribution in [0.15, 0.2) is 0 Å². The zero-order valence-electron chi connectivity index (χ0n) is 17.9. The lowest BCUT2D eigenvalue weighted by Gasteiger charge is -2.01. The Morgan fingerprint density at radius 3 is 1.12 bits per heavy atom. The SMILES string of the molecule is CCCCCCCC(=O)OCC.CCCCCCCCCC(=O)OCC. The number of carbonyl (C=O) groups excluding carboxylic acids is 2. The van der Waals surface area contributed by atoms with Crippen LogP contribution in [0.2, 0.25) is 0 Å². The number of hydrogen-bond acceptors (Lipinski definition) is 4. The van der Waals surface area contributed by atoms with Crippen LogP contribution in [0, 0.1) is 0 Å². The molecule has 0 bridgehead atoms. The minimum atomic E-state index is -0.0472. The molecule has 0 aromatic rings. The molecule has 0 aromatic heterocycles. The molecular weight excluding hydrogens is 328 g/mol. The van der Waals surface area contributed by atoms with Crippen molar-refractivity contribution in [3.05, 3.63) is 0 Å². The van der Waals surface area contributed by atoms with Crippen molar-refractivity contribution in [1.82, 2.24) is 0 Å². The minimum absolute atomic E-state index is 0.0407. The van der Waals surface area contributed by atoms with Crippen LogP contribution in [0.5, 0.6) is 0 Å². The van der Waals surface area contributed by atoms with Crippen molar-refractivity contribution in [3.8, 4) is 0 Å². The average molecular weight is 373 g/mol. The highest BCUT2D eigenvalue weighted by Gasteiger charge is 2.00. The Balaban J connectivity index is 0. The van der Waals surface area contributed by atoms with Crippen molar-refractivity contribution in [1.29, 1.82) is 0 Å². The molecular formula is C22H44O4. The first-order chi connectivity index (χ1) is 12.6. The van der Waals surface area contributed by atoms with E-state index in [0.717, 1.165) is 19.3 Å². The Hall–Kier alpha value is -1.06. The molecule has 0 amide bonds. The fraction of sp³-hybridized carbons (Fsp3) is 0.909. The van der Waals surface area contributed by atoms with Gasteiger partial charge < -0.3 is 9.47 Å². The summed E-state index contributed by atoms with van der Waals surface area (Å²) < 4.78 is 9.66. The smallest absolute Gasteiger partial charge is 0.305 e. The molecule has 0 spiro atoms. The molecule has 0 rings (SSSR count). The fourth-order valence-electron chi connectivity index (χ4n) is 2.57. The van der Waals surface area contributed by atoms with Crippen molar-refractivity contribution >= 4 is 11.9 Å². The molecule has 4 nitrogen and oxygen atoms in total. The van der Waals surface area contributed by atoms with Crippen molar-refractivity contribution in [3.63, 3.8) is 0 Å². The van der Waals surface area contributed by atoms with Crippen LogP contribution in [-0.2, 0) is 19.1 Å². The molecule has 156 valence electrons. The van der Waals surface area contributed by atoms with E-state index >= 15 is 0 Å². The number of ether oxygens (including phenoxy) is 2. The summed E-state index contributed by atoms with van der Waals surface area (Å²) in [6, 6.07) is 0. The highest BCUT2D eigenvalue weighted by molar-refractivity contribution is 5.69. The quantitative estimate of drug-likeness (QED) is 0.226. The third kappa shape index (κ3) is 25.2. The molecule has 0 aliphatic heterocycles. The number of carbonyl (C=O) groups is 2. The van der Waals surface area contributed by atoms with E-state index in [4.69, 9.17) is 9.47 Å². The molecule has 0 saturated heterocycles. The third-order valence-electron chi connectivity index (χ3n) is 4.08. The zero-order chi connectivity index (χ0) is 19.9. The number of rotatable bonds is 16. The molecule has 0 heterocycles. The van der Waals surface area contributed by atoms with Crippen molar-refractivity contribution in [2.75, 3.05) is 13.2 Å². The second-order valence-electron chi connectivity index (χ2n) is 6.65. The maximum Gasteiger partial charge on any atom is 0.305 e. The maximum absolute atomic E-state index is 11.0. The summed E-state index contributed by atoms with van der Waals surface area (Å²) in [4.78, 5) is 21.8. The predicted octanol–water partition coefficient (Wildman–Crippen LogP) is 6.60. The Morgan fingerprint density at radius 2 is 0.808 bits per heavy atom. The van der Waals surface area contributed by atoms with Gasteiger partial charge in [-0.05, 0) is 26.7 Å². The largest absolute Gasteiger partial charge is 0.466 e. The molecule has 0 N–H and O–H groups in total. The van der Waals surface area contributed by atoms with E-state index in [1.807, 2.05) is 13.8 Å². The van der Waals surface area contributed by atoms with Gasteiger partial charge in [-0.15, -0.1) is 0 Å². The van der Waals surface area contributed by atoms with Gasteiger partial charge in [-0.25, -0.2) is 0 Å². The van der Waals surface area contributed by atoms with Crippen molar-refractivity contribution < 1.29 is 19.1 Å². The Morgan fingerprint density at radius 1 is 0.500 bits per heavy atom. The summed E-state index contributed by atoms with van der Waals surface area (Å²) in [6.07, 6.45) is 15.8. The summed E-state index contributed by atoms with van der Waals surface area (Å²) in [5.74, 6) is -0.0879. The topological polar surface area (TPSA) is 52.6 Å². The van der Waals surface area contributed by atoms with Gasteiger partial charge in [0.05, 0.1) is 13.2 Å². The van der Waals surface area contributed by atoms with E-state index in [0.29, 0.717) is 26.1 Å². The molecule has 0 radical (unpaired) electrons. The van der Waals surface area contributed by atoms with E-state index in [1.165, 1.54) is 57.8 Å². The summed E-state index contributed by atoms with van der Waals surface area (Å²) in [7, 11) is 0. The first-order valence-corrected chi connectivity index (χ1v) is 10.9. The highest BCUT2D eigenvalue weighted by atomic mass is 16.5. The minimum Gasteiger partial charge on any atom is -0.466 e. The van der Waals surface area contributed by atoms with E-state index in [1.54, 1.807) is 0 Å². The van der Waals surface area contributed by atoms with E-state index < -0.39 is 0 Å². The van der Waals surface area contributed by atoms with Crippen molar-refractivity contribution in [2.45, 2.75) is 118 Å². The van der Waals surface area contributed by atoms with Crippen LogP contribution in [0.25, 0.3) is 0 Å². The maximum atomic E-state index is 11.0. The normalized spacial score (nSPS) is 10.0. The number of hydrogen-bond donors (Lipinski definition) is 0. The predicted molar refractivity (Wildman–Crippen MR) is 109 cm³/mol. The standard InChI is InChI=1S/C12H24O2.C10H20O2/c1-3-5-6-7-8-9-10-11-12(13)14-4-2;1-3-5-6-7-8-9-10(11)12-4-2/h3-11H2,1-2H3;3-9H2,1-2H3. The Bertz CT molecular complexity index is 303. The Kier molecular flexibility index (Phi) is 25.0. The molecule has 26 heavy (non-hydrogen) atoms. The Labute approximate surface area is 162 Å². The van der Waals surface area contributed by atoms with Crippen LogP contribution in [0.3, 0.4) is 0 Å². The van der Waals surface area contributed by atoms with E-state index in [9.17, 15) is 9.59 Å². The lowest BCUT2D eigenvalue weighted by molar-refractivity contribution is -0.144. The molecule has 4 heteroatoms. The number of esters is 2. The molecule has 0 atom stereocenters. The molecule has 0 fully saturated rings. The zero-order valence-corrected chi connectivity index (χ0v) is 17.9. The first kappa shape index (κ1) is 27.2. The van der Waals surface area contributed by atoms with Gasteiger partial charge in [0, 0.05) is 12.8 Å². The van der Waals surface area contributed by atoms with Crippen LogP contribution in [-0.4, -0.2) is 25.2 Å². The summed E-state index contributed by atoms with van der Waals surface area (Å²) in [5.41, 5.74) is 0. The lowest BCUT2D eigenvalue weighted by atomic mass is 10.1. The average Bonchev–Trinajstić information content (AvgIpc) is 2.62. The van der Waals surface area contributed by atoms with E-state index in [2.05, 4.69) is 13.8 Å². The van der Waals surface area contributed by atoms with Crippen LogP contribution < -0.4 is 0 Å². The second-order valence-corrected chi connectivity index (χ2v) is 6.65. The summed E-state index contributed by atoms with van der Waals surface area (Å²) >= 11 is 0. The van der Waals surface area contributed by atoms with Crippen LogP contribution in [0.1, 0.15) is 118 Å². The van der Waals surface area contributed by atoms with Gasteiger partial charge in [-0.1, -0.05) is 78.1 Å². The van der Waals surface area contributed by atoms with Gasteiger partial charge in [0.25, 0.3) is 0 Å². The van der Waals surface area contributed by atoms with Gasteiger partial charge in [-0.2, -0.15) is 0 Å². The second kappa shape index (κ2) is 23.9. The monoisotopic (exact) mass is 372 g/mol. The van der Waals surface area contributed by atoms with Gasteiger partial charge >= 0.3 is 11.9 Å². The summed E-state index contributed by atoms with van der Waals surface area (Å²) in [5, 5.41) is 0. The van der Waals surface area contributed by atoms with Gasteiger partial charge in [0.1, 0.15) is 0 Å². The highest BCUT2D eigenvalue weighted by Crippen LogP contribution is 2.08. The number of unbranched alkanes of at least 4 members (excludes halogenated alkanes) is 10. The van der Waals surface area contributed by atoms with Gasteiger partial charge in [-0.3, -0.25) is 9.59 Å². The van der Waals surface area contributed by atoms with Crippen LogP contribution in [0.4, 0.5) is 0 Å². The van der Waals surface area contributed by atoms with Crippen LogP contribution >= 0.6 is 0 Å². The molecule has 0 aromatic carbocycles. The summed E-state index contributed by atoms with van der Waals surface area (Å²) in [6.45, 7) is 9.12. The molecule has 0 unspecified atom stereocenters. The molecule has 0 saturated carbocycles. The lowest BCUT2D eigenvalue weighted by Crippen LogP contribution is -2.03. The van der Waals surface area contributed by atoms with Gasteiger partial charge in [0.15, 0.2) is 0 Å². The molecule has 0 aliphatic carbocycles. The van der Waals surface area contributed by atoms with Gasteiger partial charge in [0.2, 0.25) is 0 Å². The third-order valence-corrected chi connectivity index (χ3v) is 4.08. The first-order valence-electron chi connectivity index (χ1n) is 10.9. The fourth-order valence-corrected chi connectivity index (χ4v) is 2.57. The van der Waals surface area contributed by atoms with E-state index in [-0.39, 0.29) is 11.9 Å². The molecule has 0 aliphatic rings.